The van der Waals surface area contributed by atoms with Crippen molar-refractivity contribution in [1.29, 1.82) is 0 Å². The van der Waals surface area contributed by atoms with Gasteiger partial charge in [-0.25, -0.2) is 0 Å². The lowest BCUT2D eigenvalue weighted by atomic mass is 10.0. The van der Waals surface area contributed by atoms with Crippen molar-refractivity contribution in [3.05, 3.63) is 34.3 Å². The largest absolute Gasteiger partial charge is 0.461 e. The summed E-state index contributed by atoms with van der Waals surface area (Å²) in [6.45, 7) is 1.53. The molecule has 0 saturated heterocycles. The van der Waals surface area contributed by atoms with Crippen molar-refractivity contribution in [2.24, 2.45) is 0 Å². The Morgan fingerprint density at radius 3 is 2.12 bits per heavy atom. The molecular weight excluding hydrogens is 267 g/mol. The van der Waals surface area contributed by atoms with Crippen LogP contribution in [0.3, 0.4) is 0 Å². The van der Waals surface area contributed by atoms with Crippen LogP contribution in [0.2, 0.25) is 5.02 Å². The maximum Gasteiger partial charge on any atom is 0.461 e. The maximum absolute atomic E-state index is 12.7. The zero-order valence-corrected chi connectivity index (χ0v) is 9.16. The number of benzene rings is 1. The number of hydrogen-bond acceptors (Lipinski definition) is 1. The van der Waals surface area contributed by atoms with Crippen LogP contribution in [0.4, 0.5) is 22.0 Å². The molecule has 0 aliphatic rings. The SMILES string of the molecule is Cc1ccc(C(=O)C(F)(F)C(F)(F)F)cc1Cl. The molecule has 17 heavy (non-hydrogen) atoms. The third kappa shape index (κ3) is 2.57. The molecule has 0 radical (unpaired) electrons. The predicted octanol–water partition coefficient (Wildman–Crippen LogP) is 4.03. The van der Waals surface area contributed by atoms with Crippen LogP contribution in [0, 0.1) is 6.92 Å². The molecule has 7 heteroatoms. The second kappa shape index (κ2) is 4.25. The van der Waals surface area contributed by atoms with E-state index in [9.17, 15) is 26.7 Å². The standard InChI is InChI=1S/C10H6ClF5O/c1-5-2-3-6(4-7(5)11)8(17)9(12,13)10(14,15)16/h2-4H,1H3. The number of Topliss-reactive ketones (excluding diaryl/α,β-unsaturated/α-hetero) is 1. The van der Waals surface area contributed by atoms with E-state index in [-0.39, 0.29) is 5.02 Å². The van der Waals surface area contributed by atoms with Crippen molar-refractivity contribution in [3.63, 3.8) is 0 Å². The number of carbonyl (C=O) groups is 1. The van der Waals surface area contributed by atoms with Crippen molar-refractivity contribution >= 4 is 17.4 Å². The molecule has 0 fully saturated rings. The Hall–Kier alpha value is -1.17. The molecule has 0 aliphatic carbocycles. The van der Waals surface area contributed by atoms with Crippen LogP contribution in [-0.4, -0.2) is 17.9 Å². The fourth-order valence-electron chi connectivity index (χ4n) is 1.04. The highest BCUT2D eigenvalue weighted by molar-refractivity contribution is 6.31. The fourth-order valence-corrected chi connectivity index (χ4v) is 1.22. The van der Waals surface area contributed by atoms with Crippen LogP contribution in [-0.2, 0) is 0 Å². The van der Waals surface area contributed by atoms with E-state index in [2.05, 4.69) is 0 Å². The molecule has 1 aromatic carbocycles. The zero-order valence-electron chi connectivity index (χ0n) is 8.41. The van der Waals surface area contributed by atoms with Gasteiger partial charge in [-0.2, -0.15) is 22.0 Å². The maximum atomic E-state index is 12.7. The molecule has 0 spiro atoms. The summed E-state index contributed by atoms with van der Waals surface area (Å²) in [7, 11) is 0. The normalized spacial score (nSPS) is 12.6. The predicted molar refractivity (Wildman–Crippen MR) is 51.5 cm³/mol. The smallest absolute Gasteiger partial charge is 0.287 e. The molecule has 1 aromatic rings. The quantitative estimate of drug-likeness (QED) is 0.587. The molecule has 0 aromatic heterocycles. The van der Waals surface area contributed by atoms with Gasteiger partial charge in [0.15, 0.2) is 0 Å². The highest BCUT2D eigenvalue weighted by Gasteiger charge is 2.63. The first kappa shape index (κ1) is 13.9. The van der Waals surface area contributed by atoms with Crippen LogP contribution in [0.15, 0.2) is 18.2 Å². The Morgan fingerprint density at radius 1 is 1.18 bits per heavy atom. The molecule has 94 valence electrons. The number of alkyl halides is 5. The first-order valence-electron chi connectivity index (χ1n) is 4.33. The van der Waals surface area contributed by atoms with Gasteiger partial charge in [0.25, 0.3) is 0 Å². The number of aryl methyl sites for hydroxylation is 1. The third-order valence-electron chi connectivity index (χ3n) is 2.08. The van der Waals surface area contributed by atoms with Crippen molar-refractivity contribution < 1.29 is 26.7 Å². The molecular formula is C10H6ClF5O. The van der Waals surface area contributed by atoms with Gasteiger partial charge in [0.05, 0.1) is 0 Å². The van der Waals surface area contributed by atoms with E-state index in [0.29, 0.717) is 5.56 Å². The van der Waals surface area contributed by atoms with Gasteiger partial charge < -0.3 is 0 Å². The minimum absolute atomic E-state index is 0.0474. The number of ketones is 1. The Balaban J connectivity index is 3.17. The fraction of sp³-hybridized carbons (Fsp3) is 0.300. The van der Waals surface area contributed by atoms with Gasteiger partial charge in [0, 0.05) is 10.6 Å². The Morgan fingerprint density at radius 2 is 1.71 bits per heavy atom. The van der Waals surface area contributed by atoms with Crippen molar-refractivity contribution in [2.75, 3.05) is 0 Å². The summed E-state index contributed by atoms with van der Waals surface area (Å²) >= 11 is 5.54. The molecule has 1 rings (SSSR count). The monoisotopic (exact) mass is 272 g/mol. The summed E-state index contributed by atoms with van der Waals surface area (Å²) in [5.74, 6) is -7.72. The van der Waals surface area contributed by atoms with E-state index < -0.39 is 23.4 Å². The number of rotatable bonds is 2. The van der Waals surface area contributed by atoms with E-state index in [1.54, 1.807) is 0 Å². The second-order valence-electron chi connectivity index (χ2n) is 3.37. The van der Waals surface area contributed by atoms with Gasteiger partial charge in [-0.1, -0.05) is 23.7 Å². The lowest BCUT2D eigenvalue weighted by Gasteiger charge is -2.18. The lowest BCUT2D eigenvalue weighted by molar-refractivity contribution is -0.255. The highest BCUT2D eigenvalue weighted by Crippen LogP contribution is 2.38. The summed E-state index contributed by atoms with van der Waals surface area (Å²) < 4.78 is 61.3. The number of hydrogen-bond donors (Lipinski definition) is 0. The zero-order chi connectivity index (χ0) is 13.4. The first-order chi connectivity index (χ1) is 7.57. The number of halogens is 6. The molecule has 1 nitrogen and oxygen atoms in total. The minimum Gasteiger partial charge on any atom is -0.287 e. The summed E-state index contributed by atoms with van der Waals surface area (Å²) in [5.41, 5.74) is -0.304. The Labute approximate surface area is 98.2 Å². The lowest BCUT2D eigenvalue weighted by Crippen LogP contribution is -2.44. The van der Waals surface area contributed by atoms with Crippen LogP contribution < -0.4 is 0 Å². The molecule has 0 N–H and O–H groups in total. The molecule has 0 aliphatic heterocycles. The van der Waals surface area contributed by atoms with Crippen LogP contribution in [0.5, 0.6) is 0 Å². The molecule has 0 heterocycles. The van der Waals surface area contributed by atoms with Crippen LogP contribution in [0.25, 0.3) is 0 Å². The Bertz CT molecular complexity index is 452. The molecule has 0 saturated carbocycles. The van der Waals surface area contributed by atoms with E-state index in [0.717, 1.165) is 12.1 Å². The average Bonchev–Trinajstić information content (AvgIpc) is 2.19. The first-order valence-corrected chi connectivity index (χ1v) is 4.70. The summed E-state index contributed by atoms with van der Waals surface area (Å²) in [5, 5.41) is -0.0474. The highest BCUT2D eigenvalue weighted by atomic mass is 35.5. The van der Waals surface area contributed by atoms with Crippen LogP contribution >= 0.6 is 11.6 Å². The molecule has 0 bridgehead atoms. The van der Waals surface area contributed by atoms with E-state index in [1.165, 1.54) is 13.0 Å². The van der Waals surface area contributed by atoms with Gasteiger partial charge >= 0.3 is 12.1 Å². The second-order valence-corrected chi connectivity index (χ2v) is 3.77. The van der Waals surface area contributed by atoms with E-state index in [1.807, 2.05) is 0 Å². The van der Waals surface area contributed by atoms with Gasteiger partial charge in [0.1, 0.15) is 0 Å². The summed E-state index contributed by atoms with van der Waals surface area (Å²) in [4.78, 5) is 11.0. The van der Waals surface area contributed by atoms with Crippen molar-refractivity contribution in [2.45, 2.75) is 19.0 Å². The van der Waals surface area contributed by atoms with Gasteiger partial charge in [-0.15, -0.1) is 0 Å². The Kier molecular flexibility index (Phi) is 3.47. The summed E-state index contributed by atoms with van der Waals surface area (Å²) in [6.07, 6.45) is -5.92. The van der Waals surface area contributed by atoms with Crippen molar-refractivity contribution in [1.82, 2.24) is 0 Å². The van der Waals surface area contributed by atoms with Gasteiger partial charge in [0.2, 0.25) is 5.78 Å². The van der Waals surface area contributed by atoms with E-state index >= 15 is 0 Å². The summed E-state index contributed by atoms with van der Waals surface area (Å²) in [6, 6.07) is 2.87. The van der Waals surface area contributed by atoms with Crippen LogP contribution in [0.1, 0.15) is 15.9 Å². The van der Waals surface area contributed by atoms with Gasteiger partial charge in [-0.3, -0.25) is 4.79 Å². The van der Waals surface area contributed by atoms with E-state index in [4.69, 9.17) is 11.6 Å². The molecule has 0 atom stereocenters. The third-order valence-corrected chi connectivity index (χ3v) is 2.48. The minimum atomic E-state index is -5.92. The molecule has 0 unspecified atom stereocenters. The topological polar surface area (TPSA) is 17.1 Å². The average molecular weight is 273 g/mol. The number of carbonyl (C=O) groups excluding carboxylic acids is 1. The van der Waals surface area contributed by atoms with Crippen molar-refractivity contribution in [3.8, 4) is 0 Å². The molecule has 0 amide bonds. The van der Waals surface area contributed by atoms with Gasteiger partial charge in [-0.05, 0) is 18.6 Å².